The second kappa shape index (κ2) is 5.20. The van der Waals surface area contributed by atoms with Gasteiger partial charge in [0.25, 0.3) is 5.91 Å². The van der Waals surface area contributed by atoms with E-state index in [0.717, 1.165) is 0 Å². The molecular weight excluding hydrogens is 272 g/mol. The summed E-state index contributed by atoms with van der Waals surface area (Å²) in [5, 5.41) is 10.1. The highest BCUT2D eigenvalue weighted by atomic mass is 16.4. The Bertz CT molecular complexity index is 594. The smallest absolute Gasteiger partial charge is 0.335 e. The van der Waals surface area contributed by atoms with Crippen LogP contribution in [0.15, 0.2) is 24.3 Å². The number of carbonyl (C=O) groups is 3. The van der Waals surface area contributed by atoms with Crippen molar-refractivity contribution in [3.8, 4) is 0 Å². The molecule has 1 saturated heterocycles. The Morgan fingerprint density at radius 2 is 1.86 bits per heavy atom. The molecule has 2 amide bonds. The van der Waals surface area contributed by atoms with Crippen molar-refractivity contribution < 1.29 is 19.5 Å². The molecule has 1 atom stereocenters. The van der Waals surface area contributed by atoms with E-state index < -0.39 is 11.4 Å². The number of carbonyl (C=O) groups excluding carboxylic acids is 2. The van der Waals surface area contributed by atoms with E-state index in [9.17, 15) is 14.4 Å². The number of hydrogen-bond donors (Lipinski definition) is 2. The number of nitrogens with zero attached hydrogens (tertiary/aromatic N) is 1. The summed E-state index contributed by atoms with van der Waals surface area (Å²) in [4.78, 5) is 35.4. The number of hydrazine groups is 1. The van der Waals surface area contributed by atoms with E-state index in [4.69, 9.17) is 5.11 Å². The monoisotopic (exact) mass is 290 g/mol. The van der Waals surface area contributed by atoms with Gasteiger partial charge in [-0.2, -0.15) is 0 Å². The van der Waals surface area contributed by atoms with E-state index in [1.807, 2.05) is 13.8 Å². The standard InChI is InChI=1S/C15H18N2O4/c1-9(2)15(3)8-12(18)16-17(14(15)21)11-6-4-10(5-7-11)13(19)20/h4-7,9H,8H2,1-3H3,(H,16,18)(H,19,20). The van der Waals surface area contributed by atoms with E-state index in [1.54, 1.807) is 6.92 Å². The van der Waals surface area contributed by atoms with Crippen LogP contribution in [0, 0.1) is 11.3 Å². The van der Waals surface area contributed by atoms with Gasteiger partial charge in [-0.3, -0.25) is 15.0 Å². The van der Waals surface area contributed by atoms with Crippen molar-refractivity contribution >= 4 is 23.5 Å². The van der Waals surface area contributed by atoms with Crippen molar-refractivity contribution in [3.05, 3.63) is 29.8 Å². The molecule has 1 aliphatic heterocycles. The maximum absolute atomic E-state index is 12.6. The number of hydrogen-bond acceptors (Lipinski definition) is 3. The average molecular weight is 290 g/mol. The second-order valence-corrected chi connectivity index (χ2v) is 5.78. The summed E-state index contributed by atoms with van der Waals surface area (Å²) in [5.41, 5.74) is 2.34. The highest BCUT2D eigenvalue weighted by Gasteiger charge is 2.46. The molecule has 1 aromatic carbocycles. The Morgan fingerprint density at radius 3 is 2.33 bits per heavy atom. The number of carboxylic acid groups (broad SMARTS) is 1. The molecule has 0 aliphatic carbocycles. The molecule has 1 aliphatic rings. The lowest BCUT2D eigenvalue weighted by molar-refractivity contribution is -0.142. The molecule has 1 fully saturated rings. The predicted molar refractivity (Wildman–Crippen MR) is 76.6 cm³/mol. The lowest BCUT2D eigenvalue weighted by atomic mass is 9.74. The summed E-state index contributed by atoms with van der Waals surface area (Å²) in [5.74, 6) is -1.45. The summed E-state index contributed by atoms with van der Waals surface area (Å²) in [6.07, 6.45) is 0.146. The molecule has 2 rings (SSSR count). The van der Waals surface area contributed by atoms with Gasteiger partial charge in [-0.25, -0.2) is 9.80 Å². The Kier molecular flexibility index (Phi) is 3.72. The SMILES string of the molecule is CC(C)C1(C)CC(=O)NN(c2ccc(C(=O)O)cc2)C1=O. The van der Waals surface area contributed by atoms with Crippen molar-refractivity contribution in [3.63, 3.8) is 0 Å². The molecule has 0 radical (unpaired) electrons. The fourth-order valence-electron chi connectivity index (χ4n) is 2.27. The van der Waals surface area contributed by atoms with Crippen LogP contribution in [0.4, 0.5) is 5.69 Å². The van der Waals surface area contributed by atoms with Crippen molar-refractivity contribution in [2.24, 2.45) is 11.3 Å². The van der Waals surface area contributed by atoms with Crippen molar-refractivity contribution in [1.82, 2.24) is 5.43 Å². The number of benzene rings is 1. The van der Waals surface area contributed by atoms with E-state index in [-0.39, 0.29) is 29.7 Å². The number of carboxylic acids is 1. The number of rotatable bonds is 3. The number of amides is 2. The molecule has 6 heteroatoms. The molecule has 1 unspecified atom stereocenters. The van der Waals surface area contributed by atoms with Gasteiger partial charge in [0.05, 0.1) is 16.7 Å². The van der Waals surface area contributed by atoms with E-state index in [2.05, 4.69) is 5.43 Å². The molecule has 1 aromatic rings. The minimum atomic E-state index is -1.04. The Labute approximate surface area is 122 Å². The van der Waals surface area contributed by atoms with Gasteiger partial charge in [-0.1, -0.05) is 13.8 Å². The quantitative estimate of drug-likeness (QED) is 0.889. The minimum Gasteiger partial charge on any atom is -0.478 e. The van der Waals surface area contributed by atoms with Crippen LogP contribution in [0.25, 0.3) is 0 Å². The number of anilines is 1. The molecule has 0 bridgehead atoms. The van der Waals surface area contributed by atoms with Gasteiger partial charge in [0.2, 0.25) is 5.91 Å². The van der Waals surface area contributed by atoms with Crippen LogP contribution in [-0.4, -0.2) is 22.9 Å². The summed E-state index contributed by atoms with van der Waals surface area (Å²) in [6, 6.07) is 5.82. The Hall–Kier alpha value is -2.37. The van der Waals surface area contributed by atoms with Crippen LogP contribution >= 0.6 is 0 Å². The van der Waals surface area contributed by atoms with Crippen LogP contribution in [0.1, 0.15) is 37.6 Å². The van der Waals surface area contributed by atoms with Crippen molar-refractivity contribution in [1.29, 1.82) is 0 Å². The lowest BCUT2D eigenvalue weighted by Gasteiger charge is -2.41. The highest BCUT2D eigenvalue weighted by molar-refractivity contribution is 6.05. The summed E-state index contributed by atoms with van der Waals surface area (Å²) in [7, 11) is 0. The zero-order valence-corrected chi connectivity index (χ0v) is 12.2. The number of aromatic carboxylic acids is 1. The molecule has 0 saturated carbocycles. The molecule has 6 nitrogen and oxygen atoms in total. The van der Waals surface area contributed by atoms with Crippen molar-refractivity contribution in [2.45, 2.75) is 27.2 Å². The van der Waals surface area contributed by atoms with Crippen LogP contribution in [-0.2, 0) is 9.59 Å². The first-order valence-electron chi connectivity index (χ1n) is 6.73. The van der Waals surface area contributed by atoms with Gasteiger partial charge >= 0.3 is 5.97 Å². The topological polar surface area (TPSA) is 86.7 Å². The predicted octanol–water partition coefficient (Wildman–Crippen LogP) is 1.81. The van der Waals surface area contributed by atoms with Gasteiger partial charge in [0.15, 0.2) is 0 Å². The normalized spacial score (nSPS) is 22.4. The summed E-state index contributed by atoms with van der Waals surface area (Å²) < 4.78 is 0. The molecule has 2 N–H and O–H groups in total. The van der Waals surface area contributed by atoms with Crippen LogP contribution in [0.2, 0.25) is 0 Å². The fraction of sp³-hybridized carbons (Fsp3) is 0.400. The van der Waals surface area contributed by atoms with Gasteiger partial charge in [-0.05, 0) is 37.1 Å². The first-order chi connectivity index (χ1) is 9.75. The van der Waals surface area contributed by atoms with E-state index in [1.165, 1.54) is 29.3 Å². The summed E-state index contributed by atoms with van der Waals surface area (Å²) >= 11 is 0. The van der Waals surface area contributed by atoms with E-state index in [0.29, 0.717) is 5.69 Å². The maximum Gasteiger partial charge on any atom is 0.335 e. The zero-order chi connectivity index (χ0) is 15.8. The van der Waals surface area contributed by atoms with Crippen LogP contribution in [0.5, 0.6) is 0 Å². The Balaban J connectivity index is 2.36. The summed E-state index contributed by atoms with van der Waals surface area (Å²) in [6.45, 7) is 5.59. The van der Waals surface area contributed by atoms with Crippen LogP contribution < -0.4 is 10.4 Å². The van der Waals surface area contributed by atoms with Crippen LogP contribution in [0.3, 0.4) is 0 Å². The highest BCUT2D eigenvalue weighted by Crippen LogP contribution is 2.36. The molecule has 0 aromatic heterocycles. The molecule has 0 spiro atoms. The van der Waals surface area contributed by atoms with E-state index >= 15 is 0 Å². The number of nitrogens with one attached hydrogen (secondary N) is 1. The largest absolute Gasteiger partial charge is 0.478 e. The van der Waals surface area contributed by atoms with Gasteiger partial charge in [-0.15, -0.1) is 0 Å². The molecule has 112 valence electrons. The molecule has 21 heavy (non-hydrogen) atoms. The average Bonchev–Trinajstić information content (AvgIpc) is 2.42. The third kappa shape index (κ3) is 2.61. The minimum absolute atomic E-state index is 0.0110. The van der Waals surface area contributed by atoms with Gasteiger partial charge in [0, 0.05) is 6.42 Å². The first kappa shape index (κ1) is 15.0. The fourth-order valence-corrected chi connectivity index (χ4v) is 2.27. The maximum atomic E-state index is 12.6. The van der Waals surface area contributed by atoms with Gasteiger partial charge < -0.3 is 5.11 Å². The lowest BCUT2D eigenvalue weighted by Crippen LogP contribution is -2.60. The van der Waals surface area contributed by atoms with Crippen molar-refractivity contribution in [2.75, 3.05) is 5.01 Å². The molecular formula is C15H18N2O4. The van der Waals surface area contributed by atoms with Gasteiger partial charge in [0.1, 0.15) is 0 Å². The second-order valence-electron chi connectivity index (χ2n) is 5.78. The third-order valence-electron chi connectivity index (χ3n) is 4.10. The Morgan fingerprint density at radius 1 is 1.29 bits per heavy atom. The zero-order valence-electron chi connectivity index (χ0n) is 12.2. The third-order valence-corrected chi connectivity index (χ3v) is 4.10. The molecule has 1 heterocycles. The first-order valence-corrected chi connectivity index (χ1v) is 6.73.